The van der Waals surface area contributed by atoms with Gasteiger partial charge < -0.3 is 4.90 Å². The van der Waals surface area contributed by atoms with Gasteiger partial charge in [-0.05, 0) is 26.3 Å². The van der Waals surface area contributed by atoms with Crippen molar-refractivity contribution in [3.05, 3.63) is 48.0 Å². The van der Waals surface area contributed by atoms with Crippen molar-refractivity contribution in [1.82, 2.24) is 19.7 Å². The van der Waals surface area contributed by atoms with Crippen LogP contribution in [0.25, 0.3) is 0 Å². The number of rotatable bonds is 4. The molecule has 1 aromatic carbocycles. The number of hydrogen-bond donors (Lipinski definition) is 0. The Morgan fingerprint density at radius 2 is 2.00 bits per heavy atom. The van der Waals surface area contributed by atoms with Gasteiger partial charge in [-0.1, -0.05) is 30.3 Å². The third-order valence-corrected chi connectivity index (χ3v) is 3.32. The normalized spacial score (nSPS) is 11.0. The van der Waals surface area contributed by atoms with E-state index < -0.39 is 0 Å². The second-order valence-electron chi connectivity index (χ2n) is 6.03. The molecule has 0 atom stereocenters. The molecular weight excluding hydrogens is 278 g/mol. The highest BCUT2D eigenvalue weighted by Gasteiger charge is 2.27. The first-order valence-corrected chi connectivity index (χ1v) is 7.04. The molecule has 114 valence electrons. The van der Waals surface area contributed by atoms with E-state index in [0.29, 0.717) is 6.54 Å². The van der Waals surface area contributed by atoms with E-state index in [2.05, 4.69) is 10.2 Å². The molecule has 0 spiro atoms. The number of carbonyl (C=O) groups is 1. The molecule has 22 heavy (non-hydrogen) atoms. The van der Waals surface area contributed by atoms with E-state index in [4.69, 9.17) is 5.26 Å². The molecule has 1 heterocycles. The van der Waals surface area contributed by atoms with Gasteiger partial charge in [-0.3, -0.25) is 9.36 Å². The van der Waals surface area contributed by atoms with Crippen LogP contribution in [0.3, 0.4) is 0 Å². The van der Waals surface area contributed by atoms with Crippen LogP contribution >= 0.6 is 0 Å². The van der Waals surface area contributed by atoms with Gasteiger partial charge in [0.15, 0.2) is 0 Å². The number of nitriles is 1. The molecule has 0 saturated carbocycles. The Balaban J connectivity index is 2.19. The summed E-state index contributed by atoms with van der Waals surface area (Å²) in [5, 5.41) is 16.3. The largest absolute Gasteiger partial charge is 0.332 e. The van der Waals surface area contributed by atoms with Gasteiger partial charge in [-0.2, -0.15) is 5.26 Å². The Morgan fingerprint density at radius 3 is 2.59 bits per heavy atom. The summed E-state index contributed by atoms with van der Waals surface area (Å²) in [6, 6.07) is 11.8. The predicted molar refractivity (Wildman–Crippen MR) is 81.5 cm³/mol. The summed E-state index contributed by atoms with van der Waals surface area (Å²) in [4.78, 5) is 14.5. The molecule has 2 aromatic rings. The first-order valence-electron chi connectivity index (χ1n) is 7.04. The second-order valence-corrected chi connectivity index (χ2v) is 6.03. The number of hydrogen-bond acceptors (Lipinski definition) is 4. The first-order chi connectivity index (χ1) is 10.4. The maximum absolute atomic E-state index is 12.7. The monoisotopic (exact) mass is 297 g/mol. The molecule has 0 N–H and O–H groups in total. The van der Waals surface area contributed by atoms with Gasteiger partial charge in [0.25, 0.3) is 0 Å². The minimum Gasteiger partial charge on any atom is -0.332 e. The minimum atomic E-state index is -0.326. The lowest BCUT2D eigenvalue weighted by molar-refractivity contribution is -0.137. The highest BCUT2D eigenvalue weighted by atomic mass is 16.2. The summed E-state index contributed by atoms with van der Waals surface area (Å²) in [6.45, 7) is 6.55. The Kier molecular flexibility index (Phi) is 4.56. The summed E-state index contributed by atoms with van der Waals surface area (Å²) in [5.41, 5.74) is 0.739. The maximum atomic E-state index is 12.7. The molecule has 0 unspecified atom stereocenters. The van der Waals surface area contributed by atoms with Gasteiger partial charge in [0.2, 0.25) is 11.7 Å². The van der Waals surface area contributed by atoms with E-state index in [1.54, 1.807) is 4.90 Å². The first kappa shape index (κ1) is 15.7. The molecule has 6 heteroatoms. The lowest BCUT2D eigenvalue weighted by Gasteiger charge is -2.36. The van der Waals surface area contributed by atoms with E-state index in [9.17, 15) is 4.79 Å². The molecular formula is C16H19N5O. The van der Waals surface area contributed by atoms with Crippen LogP contribution in [0.15, 0.2) is 36.7 Å². The summed E-state index contributed by atoms with van der Waals surface area (Å²) in [5.74, 6) is 0.0644. The van der Waals surface area contributed by atoms with Gasteiger partial charge in [-0.25, -0.2) is 0 Å². The van der Waals surface area contributed by atoms with Gasteiger partial charge in [-0.15, -0.1) is 10.2 Å². The van der Waals surface area contributed by atoms with E-state index in [-0.39, 0.29) is 23.8 Å². The average molecular weight is 297 g/mol. The maximum Gasteiger partial charge on any atom is 0.243 e. The Morgan fingerprint density at radius 1 is 1.32 bits per heavy atom. The zero-order chi connectivity index (χ0) is 16.2. The van der Waals surface area contributed by atoms with Crippen LogP contribution in [0.2, 0.25) is 0 Å². The van der Waals surface area contributed by atoms with Crippen molar-refractivity contribution in [2.45, 2.75) is 39.4 Å². The van der Waals surface area contributed by atoms with Crippen molar-refractivity contribution in [1.29, 1.82) is 5.26 Å². The summed E-state index contributed by atoms with van der Waals surface area (Å²) in [6.07, 6.45) is 1.40. The fourth-order valence-electron chi connectivity index (χ4n) is 2.15. The molecule has 0 aliphatic heterocycles. The van der Waals surface area contributed by atoms with E-state index in [1.807, 2.05) is 57.2 Å². The number of carbonyl (C=O) groups excluding carboxylic acids is 1. The molecule has 0 aliphatic carbocycles. The number of benzene rings is 1. The lowest BCUT2D eigenvalue weighted by Crippen LogP contribution is -2.46. The SMILES string of the molecule is CC(C)(C)N(Cc1ccccc1)C(=O)Cn1cnnc1C#N. The van der Waals surface area contributed by atoms with Crippen molar-refractivity contribution in [2.24, 2.45) is 0 Å². The average Bonchev–Trinajstić information content (AvgIpc) is 2.91. The standard InChI is InChI=1S/C16H19N5O/c1-16(2,3)21(10-13-7-5-4-6-8-13)15(22)11-20-12-18-19-14(20)9-17/h4-8,12H,10-11H2,1-3H3. The van der Waals surface area contributed by atoms with E-state index >= 15 is 0 Å². The fraction of sp³-hybridized carbons (Fsp3) is 0.375. The van der Waals surface area contributed by atoms with Gasteiger partial charge in [0.05, 0.1) is 0 Å². The molecule has 0 aliphatic rings. The van der Waals surface area contributed by atoms with Crippen LogP contribution in [0.5, 0.6) is 0 Å². The van der Waals surface area contributed by atoms with E-state index in [1.165, 1.54) is 10.9 Å². The van der Waals surface area contributed by atoms with Crippen molar-refractivity contribution in [3.63, 3.8) is 0 Å². The fourth-order valence-corrected chi connectivity index (χ4v) is 2.15. The highest BCUT2D eigenvalue weighted by molar-refractivity contribution is 5.77. The van der Waals surface area contributed by atoms with Crippen molar-refractivity contribution >= 4 is 5.91 Å². The highest BCUT2D eigenvalue weighted by Crippen LogP contribution is 2.18. The Bertz CT molecular complexity index is 679. The van der Waals surface area contributed by atoms with Gasteiger partial charge in [0, 0.05) is 12.1 Å². The number of amides is 1. The summed E-state index contributed by atoms with van der Waals surface area (Å²) in [7, 11) is 0. The van der Waals surface area contributed by atoms with Crippen LogP contribution in [0, 0.1) is 11.3 Å². The van der Waals surface area contributed by atoms with Gasteiger partial charge >= 0.3 is 0 Å². The Labute approximate surface area is 130 Å². The molecule has 6 nitrogen and oxygen atoms in total. The molecule has 1 amide bonds. The van der Waals surface area contributed by atoms with Crippen LogP contribution in [-0.4, -0.2) is 31.1 Å². The van der Waals surface area contributed by atoms with Crippen LogP contribution in [0.4, 0.5) is 0 Å². The second kappa shape index (κ2) is 6.39. The topological polar surface area (TPSA) is 74.8 Å². The summed E-state index contributed by atoms with van der Waals surface area (Å²) < 4.78 is 1.46. The van der Waals surface area contributed by atoms with Crippen LogP contribution < -0.4 is 0 Å². The smallest absolute Gasteiger partial charge is 0.243 e. The van der Waals surface area contributed by atoms with E-state index in [0.717, 1.165) is 5.56 Å². The third kappa shape index (κ3) is 3.70. The van der Waals surface area contributed by atoms with Crippen LogP contribution in [-0.2, 0) is 17.9 Å². The Hall–Kier alpha value is -2.68. The number of aromatic nitrogens is 3. The van der Waals surface area contributed by atoms with Crippen molar-refractivity contribution < 1.29 is 4.79 Å². The quantitative estimate of drug-likeness (QED) is 0.864. The molecule has 2 rings (SSSR count). The zero-order valence-corrected chi connectivity index (χ0v) is 13.0. The number of nitrogens with zero attached hydrogens (tertiary/aromatic N) is 5. The third-order valence-electron chi connectivity index (χ3n) is 3.32. The molecule has 0 bridgehead atoms. The lowest BCUT2D eigenvalue weighted by atomic mass is 10.0. The molecule has 1 aromatic heterocycles. The zero-order valence-electron chi connectivity index (χ0n) is 13.0. The minimum absolute atomic E-state index is 0.0556. The molecule has 0 fully saturated rings. The molecule has 0 radical (unpaired) electrons. The van der Waals surface area contributed by atoms with Crippen molar-refractivity contribution in [3.8, 4) is 6.07 Å². The predicted octanol–water partition coefficient (Wildman–Crippen LogP) is 1.98. The van der Waals surface area contributed by atoms with Crippen LogP contribution in [0.1, 0.15) is 32.2 Å². The van der Waals surface area contributed by atoms with Crippen molar-refractivity contribution in [2.75, 3.05) is 0 Å². The summed E-state index contributed by atoms with van der Waals surface area (Å²) >= 11 is 0. The van der Waals surface area contributed by atoms with Gasteiger partial charge in [0.1, 0.15) is 18.9 Å². The molecule has 0 saturated heterocycles.